The number of anilines is 2. The third kappa shape index (κ3) is 4.40. The minimum Gasteiger partial charge on any atom is -0.382 e. The van der Waals surface area contributed by atoms with Gasteiger partial charge in [-0.1, -0.05) is 18.2 Å². The predicted molar refractivity (Wildman–Crippen MR) is 131 cm³/mol. The van der Waals surface area contributed by atoms with Crippen LogP contribution in [0.15, 0.2) is 54.9 Å². The Balaban J connectivity index is 1.54. The number of amides is 1. The molecule has 8 heteroatoms. The molecule has 0 aliphatic heterocycles. The van der Waals surface area contributed by atoms with E-state index in [4.69, 9.17) is 5.73 Å². The first-order chi connectivity index (χ1) is 15.4. The highest BCUT2D eigenvalue weighted by atomic mass is 32.1. The van der Waals surface area contributed by atoms with Gasteiger partial charge >= 0.3 is 0 Å². The van der Waals surface area contributed by atoms with Crippen molar-refractivity contribution in [2.45, 2.75) is 26.1 Å². The summed E-state index contributed by atoms with van der Waals surface area (Å²) in [5.74, 6) is 1.44. The zero-order valence-electron chi connectivity index (χ0n) is 18.3. The van der Waals surface area contributed by atoms with Crippen LogP contribution in [0.5, 0.6) is 0 Å². The van der Waals surface area contributed by atoms with Crippen molar-refractivity contribution < 1.29 is 4.79 Å². The second kappa shape index (κ2) is 8.92. The van der Waals surface area contributed by atoms with E-state index in [9.17, 15) is 4.79 Å². The van der Waals surface area contributed by atoms with E-state index in [1.807, 2.05) is 36.0 Å². The number of nitrogen functional groups attached to an aromatic ring is 1. The van der Waals surface area contributed by atoms with Crippen molar-refractivity contribution in [1.29, 1.82) is 0 Å². The number of carbonyl (C=O) groups excluding carboxylic acids is 1. The average Bonchev–Trinajstić information content (AvgIpc) is 3.34. The van der Waals surface area contributed by atoms with Gasteiger partial charge in [-0.25, -0.2) is 4.98 Å². The largest absolute Gasteiger partial charge is 0.382 e. The van der Waals surface area contributed by atoms with Gasteiger partial charge in [-0.2, -0.15) is 17.7 Å². The van der Waals surface area contributed by atoms with Crippen molar-refractivity contribution >= 4 is 30.3 Å². The SMILES string of the molecule is Cc1cc(-c2cnc(NC(=O)c3cccc(Cn4ccc(N)n4)c3)n2C)c(C)cc1CS. The Bertz CT molecular complexity index is 1290. The molecule has 0 radical (unpaired) electrons. The molecule has 7 nitrogen and oxygen atoms in total. The monoisotopic (exact) mass is 446 g/mol. The van der Waals surface area contributed by atoms with Crippen LogP contribution >= 0.6 is 12.6 Å². The van der Waals surface area contributed by atoms with Gasteiger partial charge in [0.25, 0.3) is 5.91 Å². The van der Waals surface area contributed by atoms with Gasteiger partial charge in [0, 0.05) is 30.1 Å². The number of imidazole rings is 1. The molecule has 0 saturated heterocycles. The molecule has 2 aromatic heterocycles. The summed E-state index contributed by atoms with van der Waals surface area (Å²) in [7, 11) is 1.90. The fourth-order valence-electron chi connectivity index (χ4n) is 3.74. The van der Waals surface area contributed by atoms with Gasteiger partial charge in [0.1, 0.15) is 5.82 Å². The van der Waals surface area contributed by atoms with Crippen molar-refractivity contribution in [1.82, 2.24) is 19.3 Å². The molecular formula is C24H26N6OS. The highest BCUT2D eigenvalue weighted by molar-refractivity contribution is 7.79. The van der Waals surface area contributed by atoms with E-state index in [1.54, 1.807) is 23.0 Å². The summed E-state index contributed by atoms with van der Waals surface area (Å²) in [6.45, 7) is 4.69. The summed E-state index contributed by atoms with van der Waals surface area (Å²) >= 11 is 4.41. The van der Waals surface area contributed by atoms with Crippen molar-refractivity contribution in [3.05, 3.63) is 82.7 Å². The molecule has 0 aliphatic rings. The van der Waals surface area contributed by atoms with Crippen LogP contribution in [0.25, 0.3) is 11.3 Å². The molecule has 0 atom stereocenters. The second-order valence-corrected chi connectivity index (χ2v) is 8.19. The van der Waals surface area contributed by atoms with Gasteiger partial charge in [0.05, 0.1) is 18.4 Å². The average molecular weight is 447 g/mol. The van der Waals surface area contributed by atoms with Crippen LogP contribution in [0.1, 0.15) is 32.6 Å². The molecule has 1 amide bonds. The summed E-state index contributed by atoms with van der Waals surface area (Å²) in [5, 5.41) is 7.12. The number of rotatable bonds is 6. The minimum atomic E-state index is -0.217. The predicted octanol–water partition coefficient (Wildman–Crippen LogP) is 4.21. The number of aromatic nitrogens is 4. The van der Waals surface area contributed by atoms with Gasteiger partial charge in [-0.3, -0.25) is 14.8 Å². The quantitative estimate of drug-likeness (QED) is 0.387. The van der Waals surface area contributed by atoms with Gasteiger partial charge in [-0.05, 0) is 60.4 Å². The Hall–Kier alpha value is -3.52. The smallest absolute Gasteiger partial charge is 0.257 e. The number of carbonyl (C=O) groups is 1. The molecule has 32 heavy (non-hydrogen) atoms. The molecule has 2 aromatic carbocycles. The van der Waals surface area contributed by atoms with Crippen LogP contribution in [-0.4, -0.2) is 25.2 Å². The Kier molecular flexibility index (Phi) is 6.05. The topological polar surface area (TPSA) is 90.8 Å². The maximum Gasteiger partial charge on any atom is 0.257 e. The zero-order valence-corrected chi connectivity index (χ0v) is 19.2. The second-order valence-electron chi connectivity index (χ2n) is 7.87. The number of hydrogen-bond donors (Lipinski definition) is 3. The lowest BCUT2D eigenvalue weighted by atomic mass is 9.99. The third-order valence-corrected chi connectivity index (χ3v) is 5.88. The molecular weight excluding hydrogens is 420 g/mol. The van der Waals surface area contributed by atoms with E-state index in [-0.39, 0.29) is 5.91 Å². The van der Waals surface area contributed by atoms with Crippen LogP contribution in [-0.2, 0) is 19.3 Å². The lowest BCUT2D eigenvalue weighted by molar-refractivity contribution is 0.102. The van der Waals surface area contributed by atoms with Crippen molar-refractivity contribution in [3.63, 3.8) is 0 Å². The van der Waals surface area contributed by atoms with E-state index < -0.39 is 0 Å². The Labute approximate surface area is 192 Å². The van der Waals surface area contributed by atoms with Crippen LogP contribution < -0.4 is 11.1 Å². The summed E-state index contributed by atoms with van der Waals surface area (Å²) in [6.07, 6.45) is 3.60. The molecule has 3 N–H and O–H groups in total. The standard InChI is InChI=1S/C24H26N6OS/c1-15-10-20(16(2)9-19(15)14-32)21-12-26-24(29(21)3)27-23(31)18-6-4-5-17(11-18)13-30-8-7-22(25)28-30/h4-12,32H,13-14H2,1-3H3,(H2,25,28)(H,26,27,31). The first-order valence-corrected chi connectivity index (χ1v) is 10.9. The van der Waals surface area contributed by atoms with Crippen LogP contribution in [0.2, 0.25) is 0 Å². The van der Waals surface area contributed by atoms with Gasteiger partial charge in [0.2, 0.25) is 5.95 Å². The first kappa shape index (κ1) is 21.7. The van der Waals surface area contributed by atoms with Gasteiger partial charge in [0.15, 0.2) is 0 Å². The fourth-order valence-corrected chi connectivity index (χ4v) is 4.08. The van der Waals surface area contributed by atoms with Crippen molar-refractivity contribution in [2.24, 2.45) is 7.05 Å². The molecule has 0 saturated carbocycles. The van der Waals surface area contributed by atoms with Crippen LogP contribution in [0, 0.1) is 13.8 Å². The Morgan fingerprint density at radius 2 is 1.97 bits per heavy atom. The van der Waals surface area contributed by atoms with E-state index in [2.05, 4.69) is 54.0 Å². The van der Waals surface area contributed by atoms with Gasteiger partial charge in [-0.15, -0.1) is 0 Å². The summed E-state index contributed by atoms with van der Waals surface area (Å²) in [6, 6.07) is 13.5. The number of benzene rings is 2. The number of aryl methyl sites for hydroxylation is 2. The Morgan fingerprint density at radius 3 is 2.69 bits per heavy atom. The van der Waals surface area contributed by atoms with Crippen LogP contribution in [0.3, 0.4) is 0 Å². The van der Waals surface area contributed by atoms with Crippen molar-refractivity contribution in [3.8, 4) is 11.3 Å². The van der Waals surface area contributed by atoms with E-state index in [0.29, 0.717) is 29.6 Å². The molecule has 2 heterocycles. The highest BCUT2D eigenvalue weighted by Gasteiger charge is 2.15. The first-order valence-electron chi connectivity index (χ1n) is 10.3. The Morgan fingerprint density at radius 1 is 1.16 bits per heavy atom. The molecule has 4 rings (SSSR count). The maximum atomic E-state index is 12.9. The lowest BCUT2D eigenvalue weighted by Crippen LogP contribution is -2.15. The highest BCUT2D eigenvalue weighted by Crippen LogP contribution is 2.29. The van der Waals surface area contributed by atoms with E-state index >= 15 is 0 Å². The third-order valence-electron chi connectivity index (χ3n) is 5.54. The molecule has 4 aromatic rings. The zero-order chi connectivity index (χ0) is 22.8. The number of nitrogens with one attached hydrogen (secondary N) is 1. The van der Waals surface area contributed by atoms with Crippen molar-refractivity contribution in [2.75, 3.05) is 11.1 Å². The minimum absolute atomic E-state index is 0.217. The molecule has 0 spiro atoms. The number of hydrogen-bond acceptors (Lipinski definition) is 5. The molecule has 0 bridgehead atoms. The number of nitrogens with zero attached hydrogens (tertiary/aromatic N) is 4. The fraction of sp³-hybridized carbons (Fsp3) is 0.208. The number of nitrogens with two attached hydrogens (primary N) is 1. The normalized spacial score (nSPS) is 11.0. The van der Waals surface area contributed by atoms with E-state index in [1.165, 1.54) is 11.1 Å². The molecule has 0 unspecified atom stereocenters. The summed E-state index contributed by atoms with van der Waals surface area (Å²) in [5.41, 5.74) is 12.8. The maximum absolute atomic E-state index is 12.9. The molecule has 0 fully saturated rings. The van der Waals surface area contributed by atoms with E-state index in [0.717, 1.165) is 22.4 Å². The van der Waals surface area contributed by atoms with Crippen LogP contribution in [0.4, 0.5) is 11.8 Å². The molecule has 164 valence electrons. The van der Waals surface area contributed by atoms with Gasteiger partial charge < -0.3 is 10.3 Å². The summed E-state index contributed by atoms with van der Waals surface area (Å²) in [4.78, 5) is 17.4. The number of thiol groups is 1. The lowest BCUT2D eigenvalue weighted by Gasteiger charge is -2.13. The summed E-state index contributed by atoms with van der Waals surface area (Å²) < 4.78 is 3.64. The molecule has 0 aliphatic carbocycles.